The van der Waals surface area contributed by atoms with E-state index < -0.39 is 6.04 Å². The van der Waals surface area contributed by atoms with E-state index in [4.69, 9.17) is 0 Å². The number of nitrogens with zero attached hydrogens (tertiary/aromatic N) is 3. The van der Waals surface area contributed by atoms with Gasteiger partial charge in [-0.3, -0.25) is 4.79 Å². The highest BCUT2D eigenvalue weighted by atomic mass is 16.2. The second kappa shape index (κ2) is 5.97. The molecule has 2 aromatic rings. The maximum absolute atomic E-state index is 12.7. The van der Waals surface area contributed by atoms with Crippen molar-refractivity contribution in [1.82, 2.24) is 9.88 Å². The normalized spacial score (nSPS) is 18.1. The lowest BCUT2D eigenvalue weighted by molar-refractivity contribution is -0.119. The molecule has 0 unspecified atom stereocenters. The zero-order valence-electron chi connectivity index (χ0n) is 12.3. The van der Waals surface area contributed by atoms with Crippen LogP contribution in [0.2, 0.25) is 0 Å². The molecule has 5 heteroatoms. The SMILES string of the molecule is CCN1C(=O)N(c2ccccn2)C(=O)[C@H]1Cc1ccccc1. The molecule has 3 rings (SSSR count). The highest BCUT2D eigenvalue weighted by Gasteiger charge is 2.45. The first-order valence-electron chi connectivity index (χ1n) is 7.32. The van der Waals surface area contributed by atoms with Crippen molar-refractivity contribution in [2.24, 2.45) is 0 Å². The number of anilines is 1. The Kier molecular flexibility index (Phi) is 3.87. The number of amides is 3. The molecule has 1 aromatic carbocycles. The Balaban J connectivity index is 1.91. The van der Waals surface area contributed by atoms with E-state index in [2.05, 4.69) is 4.98 Å². The molecular formula is C17H17N3O2. The first-order chi connectivity index (χ1) is 10.7. The average Bonchev–Trinajstić information content (AvgIpc) is 2.79. The predicted octanol–water partition coefficient (Wildman–Crippen LogP) is 2.48. The molecule has 3 amide bonds. The molecule has 1 aliphatic rings. The van der Waals surface area contributed by atoms with E-state index in [1.54, 1.807) is 29.3 Å². The van der Waals surface area contributed by atoms with Crippen molar-refractivity contribution in [1.29, 1.82) is 0 Å². The Labute approximate surface area is 129 Å². The third kappa shape index (κ3) is 2.45. The number of hydrogen-bond donors (Lipinski definition) is 0. The van der Waals surface area contributed by atoms with Gasteiger partial charge in [0.2, 0.25) is 0 Å². The van der Waals surface area contributed by atoms with Crippen LogP contribution < -0.4 is 4.90 Å². The molecule has 0 spiro atoms. The summed E-state index contributed by atoms with van der Waals surface area (Å²) in [5, 5.41) is 0. The molecule has 1 aliphatic heterocycles. The number of benzene rings is 1. The van der Waals surface area contributed by atoms with Gasteiger partial charge in [0.15, 0.2) is 0 Å². The van der Waals surface area contributed by atoms with Gasteiger partial charge >= 0.3 is 6.03 Å². The molecule has 22 heavy (non-hydrogen) atoms. The van der Waals surface area contributed by atoms with E-state index in [-0.39, 0.29) is 11.9 Å². The fourth-order valence-corrected chi connectivity index (χ4v) is 2.73. The van der Waals surface area contributed by atoms with Gasteiger partial charge in [-0.05, 0) is 24.6 Å². The second-order valence-corrected chi connectivity index (χ2v) is 5.14. The fourth-order valence-electron chi connectivity index (χ4n) is 2.73. The number of urea groups is 1. The highest BCUT2D eigenvalue weighted by molar-refractivity contribution is 6.20. The molecule has 0 N–H and O–H groups in total. The van der Waals surface area contributed by atoms with Crippen LogP contribution in [0.5, 0.6) is 0 Å². The minimum atomic E-state index is -0.470. The first-order valence-corrected chi connectivity index (χ1v) is 7.32. The van der Waals surface area contributed by atoms with Crippen molar-refractivity contribution in [3.8, 4) is 0 Å². The lowest BCUT2D eigenvalue weighted by Gasteiger charge is -2.19. The van der Waals surface area contributed by atoms with E-state index in [0.717, 1.165) is 5.56 Å². The Hall–Kier alpha value is -2.69. The van der Waals surface area contributed by atoms with Crippen LogP contribution in [0.25, 0.3) is 0 Å². The summed E-state index contributed by atoms with van der Waals surface area (Å²) >= 11 is 0. The van der Waals surface area contributed by atoms with E-state index >= 15 is 0 Å². The third-order valence-electron chi connectivity index (χ3n) is 3.81. The summed E-state index contributed by atoms with van der Waals surface area (Å²) in [5.41, 5.74) is 1.04. The molecule has 112 valence electrons. The van der Waals surface area contributed by atoms with Crippen LogP contribution in [-0.2, 0) is 11.2 Å². The lowest BCUT2D eigenvalue weighted by Crippen LogP contribution is -2.36. The summed E-state index contributed by atoms with van der Waals surface area (Å²) in [6, 6.07) is 14.2. The van der Waals surface area contributed by atoms with Crippen LogP contribution in [-0.4, -0.2) is 34.4 Å². The van der Waals surface area contributed by atoms with Gasteiger partial charge in [0.25, 0.3) is 5.91 Å². The van der Waals surface area contributed by atoms with Crippen molar-refractivity contribution < 1.29 is 9.59 Å². The van der Waals surface area contributed by atoms with E-state index in [0.29, 0.717) is 18.8 Å². The number of hydrogen-bond acceptors (Lipinski definition) is 3. The predicted molar refractivity (Wildman–Crippen MR) is 83.4 cm³/mol. The van der Waals surface area contributed by atoms with Crippen LogP contribution >= 0.6 is 0 Å². The molecule has 5 nitrogen and oxygen atoms in total. The number of aromatic nitrogens is 1. The number of likely N-dealkylation sites (N-methyl/N-ethyl adjacent to an activating group) is 1. The third-order valence-corrected chi connectivity index (χ3v) is 3.81. The molecule has 0 bridgehead atoms. The number of rotatable bonds is 4. The van der Waals surface area contributed by atoms with Crippen molar-refractivity contribution in [2.45, 2.75) is 19.4 Å². The minimum Gasteiger partial charge on any atom is -0.312 e. The van der Waals surface area contributed by atoms with Gasteiger partial charge in [-0.2, -0.15) is 0 Å². The van der Waals surface area contributed by atoms with Crippen molar-refractivity contribution in [3.05, 3.63) is 60.3 Å². The molecule has 1 atom stereocenters. The van der Waals surface area contributed by atoms with Crippen LogP contribution in [0.1, 0.15) is 12.5 Å². The summed E-state index contributed by atoms with van der Waals surface area (Å²) in [6.07, 6.45) is 2.10. The Morgan fingerprint density at radius 2 is 1.77 bits per heavy atom. The van der Waals surface area contributed by atoms with Gasteiger partial charge in [0.05, 0.1) is 0 Å². The van der Waals surface area contributed by atoms with Crippen LogP contribution in [0.4, 0.5) is 10.6 Å². The molecule has 1 aromatic heterocycles. The van der Waals surface area contributed by atoms with Crippen LogP contribution in [0.15, 0.2) is 54.7 Å². The summed E-state index contributed by atoms with van der Waals surface area (Å²) in [7, 11) is 0. The molecule has 0 aliphatic carbocycles. The van der Waals surface area contributed by atoms with E-state index in [1.165, 1.54) is 4.90 Å². The number of pyridine rings is 1. The molecular weight excluding hydrogens is 278 g/mol. The lowest BCUT2D eigenvalue weighted by atomic mass is 10.1. The molecule has 1 fully saturated rings. The zero-order valence-corrected chi connectivity index (χ0v) is 12.3. The van der Waals surface area contributed by atoms with Gasteiger partial charge in [0.1, 0.15) is 11.9 Å². The first kappa shape index (κ1) is 14.3. The van der Waals surface area contributed by atoms with Crippen LogP contribution in [0, 0.1) is 0 Å². The second-order valence-electron chi connectivity index (χ2n) is 5.14. The van der Waals surface area contributed by atoms with Gasteiger partial charge in [-0.15, -0.1) is 0 Å². The highest BCUT2D eigenvalue weighted by Crippen LogP contribution is 2.25. The maximum Gasteiger partial charge on any atom is 0.333 e. The van der Waals surface area contributed by atoms with Crippen LogP contribution in [0.3, 0.4) is 0 Å². The van der Waals surface area contributed by atoms with Gasteiger partial charge in [-0.25, -0.2) is 14.7 Å². The zero-order chi connectivity index (χ0) is 15.5. The Morgan fingerprint density at radius 1 is 1.05 bits per heavy atom. The van der Waals surface area contributed by atoms with Gasteiger partial charge in [-0.1, -0.05) is 36.4 Å². The monoisotopic (exact) mass is 295 g/mol. The molecule has 1 saturated heterocycles. The van der Waals surface area contributed by atoms with E-state index in [9.17, 15) is 9.59 Å². The standard InChI is InChI=1S/C17H17N3O2/c1-2-19-14(12-13-8-4-3-5-9-13)16(21)20(17(19)22)15-10-6-7-11-18-15/h3-11,14H,2,12H2,1H3/t14-/m1/s1. The summed E-state index contributed by atoms with van der Waals surface area (Å²) in [6.45, 7) is 2.37. The maximum atomic E-state index is 12.7. The largest absolute Gasteiger partial charge is 0.333 e. The topological polar surface area (TPSA) is 53.5 Å². The fraction of sp³-hybridized carbons (Fsp3) is 0.235. The van der Waals surface area contributed by atoms with Gasteiger partial charge < -0.3 is 4.90 Å². The number of carbonyl (C=O) groups excluding carboxylic acids is 2. The molecule has 0 radical (unpaired) electrons. The molecule has 0 saturated carbocycles. The van der Waals surface area contributed by atoms with E-state index in [1.807, 2.05) is 37.3 Å². The average molecular weight is 295 g/mol. The number of imide groups is 1. The van der Waals surface area contributed by atoms with Crippen molar-refractivity contribution in [2.75, 3.05) is 11.4 Å². The Morgan fingerprint density at radius 3 is 2.41 bits per heavy atom. The van der Waals surface area contributed by atoms with Crippen molar-refractivity contribution >= 4 is 17.8 Å². The summed E-state index contributed by atoms with van der Waals surface area (Å²) in [5.74, 6) is 0.168. The van der Waals surface area contributed by atoms with Gasteiger partial charge in [0, 0.05) is 19.2 Å². The smallest absolute Gasteiger partial charge is 0.312 e. The Bertz CT molecular complexity index is 673. The van der Waals surface area contributed by atoms with Crippen molar-refractivity contribution in [3.63, 3.8) is 0 Å². The minimum absolute atomic E-state index is 0.214. The molecule has 2 heterocycles. The number of carbonyl (C=O) groups is 2. The summed E-state index contributed by atoms with van der Waals surface area (Å²) < 4.78 is 0. The quantitative estimate of drug-likeness (QED) is 0.814. The summed E-state index contributed by atoms with van der Waals surface area (Å²) in [4.78, 5) is 32.2.